The van der Waals surface area contributed by atoms with Crippen LogP contribution in [-0.2, 0) is 7.05 Å². The molecule has 21 heavy (non-hydrogen) atoms. The Morgan fingerprint density at radius 3 is 2.86 bits per heavy atom. The van der Waals surface area contributed by atoms with E-state index in [4.69, 9.17) is 10.9 Å². The predicted octanol–water partition coefficient (Wildman–Crippen LogP) is -0.343. The molecular formula is C9H9N7O4S. The van der Waals surface area contributed by atoms with Crippen LogP contribution in [0.4, 0.5) is 5.69 Å². The molecule has 0 saturated carbocycles. The molecule has 12 heteroatoms. The van der Waals surface area contributed by atoms with E-state index in [2.05, 4.69) is 20.3 Å². The van der Waals surface area contributed by atoms with Gasteiger partial charge in [-0.1, -0.05) is 5.16 Å². The summed E-state index contributed by atoms with van der Waals surface area (Å²) in [4.78, 5) is 25.4. The summed E-state index contributed by atoms with van der Waals surface area (Å²) < 4.78 is 1.25. The Bertz CT molecular complexity index is 781. The smallest absolute Gasteiger partial charge is 0.343 e. The van der Waals surface area contributed by atoms with Gasteiger partial charge in [-0.05, 0) is 17.8 Å². The monoisotopic (exact) mass is 311 g/mol. The van der Waals surface area contributed by atoms with Crippen LogP contribution in [0.15, 0.2) is 32.3 Å². The predicted molar refractivity (Wildman–Crippen MR) is 71.4 cm³/mol. The van der Waals surface area contributed by atoms with Crippen LogP contribution in [0.5, 0.6) is 0 Å². The minimum absolute atomic E-state index is 0.270. The van der Waals surface area contributed by atoms with Crippen molar-refractivity contribution in [1.82, 2.24) is 19.7 Å². The number of aromatic nitrogens is 4. The summed E-state index contributed by atoms with van der Waals surface area (Å²) >= 11 is 0.992. The molecule has 0 aliphatic rings. The van der Waals surface area contributed by atoms with Crippen molar-refractivity contribution < 1.29 is 10.1 Å². The number of nitrogens with zero attached hydrogens (tertiary/aromatic N) is 5. The summed E-state index contributed by atoms with van der Waals surface area (Å²) in [5, 5.41) is 28.9. The summed E-state index contributed by atoms with van der Waals surface area (Å²) in [6.45, 7) is 0. The zero-order valence-corrected chi connectivity index (χ0v) is 11.4. The summed E-state index contributed by atoms with van der Waals surface area (Å²) in [5.74, 6) is -0.486. The Hall–Kier alpha value is -2.89. The largest absolute Gasteiger partial charge is 0.409 e. The summed E-state index contributed by atoms with van der Waals surface area (Å²) in [7, 11) is 1.50. The van der Waals surface area contributed by atoms with Crippen molar-refractivity contribution in [3.8, 4) is 0 Å². The third-order valence-electron chi connectivity index (χ3n) is 2.43. The van der Waals surface area contributed by atoms with E-state index in [1.807, 2.05) is 0 Å². The Morgan fingerprint density at radius 1 is 1.62 bits per heavy atom. The Labute approximate surface area is 120 Å². The molecule has 0 radical (unpaired) electrons. The van der Waals surface area contributed by atoms with Crippen LogP contribution in [0.1, 0.15) is 5.69 Å². The van der Waals surface area contributed by atoms with Gasteiger partial charge in [-0.2, -0.15) is 0 Å². The van der Waals surface area contributed by atoms with Gasteiger partial charge in [0.25, 0.3) is 5.69 Å². The number of nitro groups is 1. The summed E-state index contributed by atoms with van der Waals surface area (Å²) in [6.07, 6.45) is 0. The Balaban J connectivity index is 2.45. The van der Waals surface area contributed by atoms with Gasteiger partial charge < -0.3 is 10.9 Å². The maximum absolute atomic E-state index is 11.2. The third kappa shape index (κ3) is 2.84. The minimum atomic E-state index is -0.695. The second kappa shape index (κ2) is 5.62. The lowest BCUT2D eigenvalue weighted by Gasteiger charge is -2.03. The summed E-state index contributed by atoms with van der Waals surface area (Å²) in [6, 6.07) is 2.55. The van der Waals surface area contributed by atoms with Crippen LogP contribution in [0.25, 0.3) is 0 Å². The number of oxime groups is 1. The summed E-state index contributed by atoms with van der Waals surface area (Å²) in [5.41, 5.74) is 4.30. The van der Waals surface area contributed by atoms with Gasteiger partial charge in [-0.25, -0.2) is 14.9 Å². The van der Waals surface area contributed by atoms with E-state index >= 15 is 0 Å². The number of pyridine rings is 1. The highest BCUT2D eigenvalue weighted by atomic mass is 32.2. The fourth-order valence-electron chi connectivity index (χ4n) is 1.39. The van der Waals surface area contributed by atoms with E-state index in [1.165, 1.54) is 23.7 Å². The van der Waals surface area contributed by atoms with Gasteiger partial charge in [-0.3, -0.25) is 14.7 Å². The molecule has 0 spiro atoms. The normalized spacial score (nSPS) is 11.6. The van der Waals surface area contributed by atoms with E-state index in [9.17, 15) is 14.9 Å². The van der Waals surface area contributed by atoms with Gasteiger partial charge in [0.1, 0.15) is 5.03 Å². The fourth-order valence-corrected chi connectivity index (χ4v) is 2.16. The van der Waals surface area contributed by atoms with Crippen molar-refractivity contribution in [2.45, 2.75) is 10.2 Å². The fraction of sp³-hybridized carbons (Fsp3) is 0.111. The number of hydrogen-bond acceptors (Lipinski definition) is 8. The molecule has 0 unspecified atom stereocenters. The van der Waals surface area contributed by atoms with Gasteiger partial charge in [-0.15, -0.1) is 5.10 Å². The number of H-pyrrole nitrogens is 1. The molecule has 0 saturated heterocycles. The molecule has 4 N–H and O–H groups in total. The maximum Gasteiger partial charge on any atom is 0.343 e. The Morgan fingerprint density at radius 2 is 2.33 bits per heavy atom. The highest BCUT2D eigenvalue weighted by molar-refractivity contribution is 7.99. The van der Waals surface area contributed by atoms with E-state index in [1.54, 1.807) is 0 Å². The van der Waals surface area contributed by atoms with Crippen molar-refractivity contribution in [3.63, 3.8) is 0 Å². The average Bonchev–Trinajstić information content (AvgIpc) is 2.78. The van der Waals surface area contributed by atoms with Crippen LogP contribution in [0.2, 0.25) is 0 Å². The number of aromatic amines is 1. The van der Waals surface area contributed by atoms with Crippen LogP contribution < -0.4 is 11.4 Å². The lowest BCUT2D eigenvalue weighted by molar-refractivity contribution is -0.385. The number of nitrogens with one attached hydrogen (secondary N) is 1. The van der Waals surface area contributed by atoms with Crippen molar-refractivity contribution in [3.05, 3.63) is 38.4 Å². The molecule has 0 aliphatic carbocycles. The topological polar surface area (TPSA) is 165 Å². The van der Waals surface area contributed by atoms with Crippen molar-refractivity contribution in [2.75, 3.05) is 0 Å². The first-order valence-corrected chi connectivity index (χ1v) is 6.18. The van der Waals surface area contributed by atoms with E-state index < -0.39 is 22.1 Å². The van der Waals surface area contributed by atoms with Crippen molar-refractivity contribution in [1.29, 1.82) is 0 Å². The second-order valence-corrected chi connectivity index (χ2v) is 4.72. The molecule has 2 aromatic rings. The second-order valence-electron chi connectivity index (χ2n) is 3.73. The lowest BCUT2D eigenvalue weighted by atomic mass is 10.3. The lowest BCUT2D eigenvalue weighted by Crippen LogP contribution is -2.17. The SMILES string of the molecule is Cn1c(Sc2ccc([N+](=O)[O-])c(/C(N)=N/O)n2)n[nH]c1=O. The first kappa shape index (κ1) is 14.5. The Kier molecular flexibility index (Phi) is 3.89. The van der Waals surface area contributed by atoms with Gasteiger partial charge in [0.2, 0.25) is 0 Å². The van der Waals surface area contributed by atoms with Crippen LogP contribution in [-0.4, -0.2) is 35.7 Å². The van der Waals surface area contributed by atoms with E-state index in [0.29, 0.717) is 10.2 Å². The van der Waals surface area contributed by atoms with Crippen LogP contribution in [0.3, 0.4) is 0 Å². The highest BCUT2D eigenvalue weighted by Crippen LogP contribution is 2.26. The minimum Gasteiger partial charge on any atom is -0.409 e. The first-order valence-electron chi connectivity index (χ1n) is 5.36. The average molecular weight is 311 g/mol. The zero-order valence-electron chi connectivity index (χ0n) is 10.5. The van der Waals surface area contributed by atoms with Gasteiger partial charge in [0.05, 0.1) is 4.92 Å². The maximum atomic E-state index is 11.2. The van der Waals surface area contributed by atoms with Crippen LogP contribution >= 0.6 is 11.8 Å². The molecule has 2 rings (SSSR count). The van der Waals surface area contributed by atoms with Gasteiger partial charge >= 0.3 is 5.69 Å². The van der Waals surface area contributed by atoms with Crippen molar-refractivity contribution in [2.24, 2.45) is 17.9 Å². The van der Waals surface area contributed by atoms with E-state index in [0.717, 1.165) is 11.8 Å². The van der Waals surface area contributed by atoms with E-state index in [-0.39, 0.29) is 5.69 Å². The van der Waals surface area contributed by atoms with Gasteiger partial charge in [0, 0.05) is 13.1 Å². The zero-order chi connectivity index (χ0) is 15.6. The number of hydrogen-bond donors (Lipinski definition) is 3. The molecule has 0 amide bonds. The molecule has 2 heterocycles. The number of amidine groups is 1. The molecule has 0 aromatic carbocycles. The molecule has 0 aliphatic heterocycles. The van der Waals surface area contributed by atoms with Crippen LogP contribution in [0, 0.1) is 10.1 Å². The first-order chi connectivity index (χ1) is 9.93. The molecule has 2 aromatic heterocycles. The molecule has 0 bridgehead atoms. The molecule has 0 atom stereocenters. The van der Waals surface area contributed by atoms with Crippen molar-refractivity contribution >= 4 is 23.3 Å². The molecule has 0 fully saturated rings. The number of nitrogens with two attached hydrogens (primary N) is 1. The number of rotatable bonds is 4. The quantitative estimate of drug-likeness (QED) is 0.227. The van der Waals surface area contributed by atoms with Gasteiger partial charge in [0.15, 0.2) is 16.7 Å². The molecule has 11 nitrogen and oxygen atoms in total. The molecular weight excluding hydrogens is 302 g/mol. The standard InChI is InChI=1S/C9H9N7O4S/c1-15-8(17)12-13-9(15)21-5-3-2-4(16(19)20)6(11-5)7(10)14-18/h2-3,18H,1H3,(H2,10,14)(H,12,17). The molecule has 110 valence electrons. The third-order valence-corrected chi connectivity index (χ3v) is 3.41. The highest BCUT2D eigenvalue weighted by Gasteiger charge is 2.20.